The minimum Gasteiger partial charge on any atom is -0.399 e. The highest BCUT2D eigenvalue weighted by atomic mass is 32.2. The van der Waals surface area contributed by atoms with Crippen molar-refractivity contribution in [3.63, 3.8) is 0 Å². The molecule has 96 valence electrons. The second-order valence-electron chi connectivity index (χ2n) is 3.80. The maximum Gasteiger partial charge on any atom is 0.294 e. The number of aromatic amines is 1. The van der Waals surface area contributed by atoms with E-state index in [0.717, 1.165) is 6.07 Å². The molecule has 0 aliphatic heterocycles. The van der Waals surface area contributed by atoms with Crippen molar-refractivity contribution in [2.45, 2.75) is 11.8 Å². The summed E-state index contributed by atoms with van der Waals surface area (Å²) >= 11 is 0. The van der Waals surface area contributed by atoms with Gasteiger partial charge in [0.15, 0.2) is 0 Å². The van der Waals surface area contributed by atoms with Crippen molar-refractivity contribution in [2.75, 3.05) is 5.73 Å². The van der Waals surface area contributed by atoms with Crippen LogP contribution in [0.4, 0.5) is 5.69 Å². The Morgan fingerprint density at radius 1 is 1.39 bits per heavy atom. The molecule has 1 aromatic carbocycles. The quantitative estimate of drug-likeness (QED) is 0.535. The summed E-state index contributed by atoms with van der Waals surface area (Å²) in [5.41, 5.74) is 6.09. The summed E-state index contributed by atoms with van der Waals surface area (Å²) in [4.78, 5) is 10.8. The fourth-order valence-electron chi connectivity index (χ4n) is 1.69. The highest BCUT2D eigenvalue weighted by Crippen LogP contribution is 2.24. The normalized spacial score (nSPS) is 11.7. The SMILES string of the molecule is Cc1c(-n2ccc(=O)[nH]2)cc(N)cc1S(=O)(=O)O. The van der Waals surface area contributed by atoms with Crippen LogP contribution >= 0.6 is 0 Å². The number of aromatic nitrogens is 2. The van der Waals surface area contributed by atoms with E-state index < -0.39 is 10.1 Å². The highest BCUT2D eigenvalue weighted by molar-refractivity contribution is 7.85. The molecule has 0 unspecified atom stereocenters. The first kappa shape index (κ1) is 12.4. The van der Waals surface area contributed by atoms with Crippen LogP contribution < -0.4 is 11.3 Å². The lowest BCUT2D eigenvalue weighted by atomic mass is 10.2. The molecule has 0 aliphatic rings. The maximum absolute atomic E-state index is 11.2. The maximum atomic E-state index is 11.2. The van der Waals surface area contributed by atoms with Crippen molar-refractivity contribution in [3.05, 3.63) is 40.3 Å². The van der Waals surface area contributed by atoms with Gasteiger partial charge < -0.3 is 5.73 Å². The molecular formula is C10H11N3O4S. The lowest BCUT2D eigenvalue weighted by molar-refractivity contribution is 0.482. The van der Waals surface area contributed by atoms with Crippen LogP contribution in [0.15, 0.2) is 34.1 Å². The third-order valence-electron chi connectivity index (χ3n) is 2.50. The molecule has 0 saturated carbocycles. The second-order valence-corrected chi connectivity index (χ2v) is 5.19. The molecule has 4 N–H and O–H groups in total. The van der Waals surface area contributed by atoms with Crippen LogP contribution in [0, 0.1) is 6.92 Å². The Morgan fingerprint density at radius 3 is 2.56 bits per heavy atom. The minimum absolute atomic E-state index is 0.165. The van der Waals surface area contributed by atoms with E-state index in [0.29, 0.717) is 11.3 Å². The van der Waals surface area contributed by atoms with E-state index in [1.54, 1.807) is 0 Å². The number of hydrogen-bond donors (Lipinski definition) is 3. The van der Waals surface area contributed by atoms with Gasteiger partial charge in [0.05, 0.1) is 5.69 Å². The third kappa shape index (κ3) is 2.15. The molecule has 0 radical (unpaired) electrons. The largest absolute Gasteiger partial charge is 0.399 e. The molecular weight excluding hydrogens is 258 g/mol. The van der Waals surface area contributed by atoms with Crippen molar-refractivity contribution in [1.29, 1.82) is 0 Å². The minimum atomic E-state index is -4.37. The third-order valence-corrected chi connectivity index (χ3v) is 3.48. The van der Waals surface area contributed by atoms with Crippen molar-refractivity contribution >= 4 is 15.8 Å². The van der Waals surface area contributed by atoms with E-state index in [9.17, 15) is 13.2 Å². The summed E-state index contributed by atoms with van der Waals surface area (Å²) in [5, 5.41) is 2.47. The van der Waals surface area contributed by atoms with Gasteiger partial charge in [-0.05, 0) is 24.6 Å². The van der Waals surface area contributed by atoms with E-state index in [1.807, 2.05) is 0 Å². The van der Waals surface area contributed by atoms with Gasteiger partial charge in [-0.15, -0.1) is 0 Å². The molecule has 2 rings (SSSR count). The van der Waals surface area contributed by atoms with Gasteiger partial charge in [0.25, 0.3) is 15.7 Å². The number of rotatable bonds is 2. The van der Waals surface area contributed by atoms with Crippen molar-refractivity contribution in [1.82, 2.24) is 9.78 Å². The van der Waals surface area contributed by atoms with Crippen LogP contribution in [-0.2, 0) is 10.1 Å². The van der Waals surface area contributed by atoms with Gasteiger partial charge >= 0.3 is 0 Å². The molecule has 1 heterocycles. The zero-order valence-corrected chi connectivity index (χ0v) is 10.2. The molecule has 0 fully saturated rings. The lowest BCUT2D eigenvalue weighted by Crippen LogP contribution is -2.09. The molecule has 1 aromatic heterocycles. The number of anilines is 1. The van der Waals surface area contributed by atoms with Crippen LogP contribution in [0.2, 0.25) is 0 Å². The van der Waals surface area contributed by atoms with E-state index in [-0.39, 0.29) is 16.1 Å². The first-order valence-corrected chi connectivity index (χ1v) is 6.39. The molecule has 0 aliphatic carbocycles. The predicted octanol–water partition coefficient (Wildman–Crippen LogP) is 0.303. The van der Waals surface area contributed by atoms with Crippen molar-refractivity contribution < 1.29 is 13.0 Å². The predicted molar refractivity (Wildman–Crippen MR) is 65.4 cm³/mol. The summed E-state index contributed by atoms with van der Waals surface area (Å²) in [6.45, 7) is 1.51. The summed E-state index contributed by atoms with van der Waals surface area (Å²) in [5.74, 6) is 0. The number of hydrogen-bond acceptors (Lipinski definition) is 4. The second kappa shape index (κ2) is 4.00. The average Bonchev–Trinajstić information content (AvgIpc) is 2.66. The van der Waals surface area contributed by atoms with E-state index in [4.69, 9.17) is 10.3 Å². The number of nitrogens with zero attached hydrogens (tertiary/aromatic N) is 1. The van der Waals surface area contributed by atoms with Gasteiger partial charge in [-0.3, -0.25) is 19.1 Å². The number of nitrogens with two attached hydrogens (primary N) is 1. The average molecular weight is 269 g/mol. The Morgan fingerprint density at radius 2 is 2.06 bits per heavy atom. The molecule has 0 amide bonds. The Bertz CT molecular complexity index is 758. The lowest BCUT2D eigenvalue weighted by Gasteiger charge is -2.11. The zero-order chi connectivity index (χ0) is 13.5. The number of nitrogen functional groups attached to an aromatic ring is 1. The smallest absolute Gasteiger partial charge is 0.294 e. The molecule has 0 saturated heterocycles. The summed E-state index contributed by atoms with van der Waals surface area (Å²) in [7, 11) is -4.37. The summed E-state index contributed by atoms with van der Waals surface area (Å²) in [6, 6.07) is 3.95. The molecule has 2 aromatic rings. The number of benzene rings is 1. The Hall–Kier alpha value is -2.06. The first-order chi connectivity index (χ1) is 8.29. The van der Waals surface area contributed by atoms with Crippen LogP contribution in [0.5, 0.6) is 0 Å². The summed E-state index contributed by atoms with van der Waals surface area (Å²) in [6.07, 6.45) is 1.44. The van der Waals surface area contributed by atoms with Crippen LogP contribution in [-0.4, -0.2) is 22.8 Å². The van der Waals surface area contributed by atoms with E-state index in [1.165, 1.54) is 29.9 Å². The molecule has 0 atom stereocenters. The number of nitrogens with one attached hydrogen (secondary N) is 1. The summed E-state index contributed by atoms with van der Waals surface area (Å²) < 4.78 is 32.9. The van der Waals surface area contributed by atoms with Gasteiger partial charge in [0, 0.05) is 18.0 Å². The van der Waals surface area contributed by atoms with Crippen molar-refractivity contribution in [2.24, 2.45) is 0 Å². The molecule has 18 heavy (non-hydrogen) atoms. The molecule has 0 spiro atoms. The van der Waals surface area contributed by atoms with Crippen LogP contribution in [0.1, 0.15) is 5.56 Å². The van der Waals surface area contributed by atoms with Crippen molar-refractivity contribution in [3.8, 4) is 5.69 Å². The monoisotopic (exact) mass is 269 g/mol. The van der Waals surface area contributed by atoms with Gasteiger partial charge in [-0.1, -0.05) is 0 Å². The molecule has 8 heteroatoms. The fourth-order valence-corrected chi connectivity index (χ4v) is 2.46. The van der Waals surface area contributed by atoms with Gasteiger partial charge in [0.1, 0.15) is 4.90 Å². The van der Waals surface area contributed by atoms with Gasteiger partial charge in [0.2, 0.25) is 0 Å². The fraction of sp³-hybridized carbons (Fsp3) is 0.100. The number of H-pyrrole nitrogens is 1. The van der Waals surface area contributed by atoms with E-state index >= 15 is 0 Å². The van der Waals surface area contributed by atoms with Crippen LogP contribution in [0.25, 0.3) is 5.69 Å². The van der Waals surface area contributed by atoms with Gasteiger partial charge in [-0.2, -0.15) is 8.42 Å². The first-order valence-electron chi connectivity index (χ1n) is 4.94. The Balaban J connectivity index is 2.77. The van der Waals surface area contributed by atoms with Gasteiger partial charge in [-0.25, -0.2) is 0 Å². The Kier molecular flexibility index (Phi) is 2.76. The topological polar surface area (TPSA) is 118 Å². The molecule has 7 nitrogen and oxygen atoms in total. The Labute approximate surface area is 103 Å². The highest BCUT2D eigenvalue weighted by Gasteiger charge is 2.17. The zero-order valence-electron chi connectivity index (χ0n) is 9.41. The molecule has 0 bridgehead atoms. The van der Waals surface area contributed by atoms with E-state index in [2.05, 4.69) is 5.10 Å². The van der Waals surface area contributed by atoms with Crippen LogP contribution in [0.3, 0.4) is 0 Å². The standard InChI is InChI=1S/C10H11N3O4S/c1-6-8(13-3-2-10(14)12-13)4-7(11)5-9(6)18(15,16)17/h2-5H,11H2,1H3,(H,12,14)(H,15,16,17).